The number of nitrogens with zero attached hydrogens (tertiary/aromatic N) is 2. The van der Waals surface area contributed by atoms with E-state index in [1.807, 2.05) is 28.1 Å². The van der Waals surface area contributed by atoms with Crippen LogP contribution in [-0.2, 0) is 23.2 Å². The number of hydrogen-bond acceptors (Lipinski definition) is 7. The van der Waals surface area contributed by atoms with Crippen LogP contribution in [0, 0.1) is 0 Å². The highest BCUT2D eigenvalue weighted by Crippen LogP contribution is 2.41. The number of unbranched alkanes of at least 4 members (excludes halogenated alkanes) is 13. The number of hydrogen-bond donors (Lipinski definition) is 0. The molecule has 0 N–H and O–H groups in total. The zero-order valence-corrected chi connectivity index (χ0v) is 25.5. The molecule has 1 rings (SSSR count). The van der Waals surface area contributed by atoms with Crippen LogP contribution < -0.4 is 4.89 Å². The molecule has 0 saturated heterocycles. The van der Waals surface area contributed by atoms with Crippen molar-refractivity contribution >= 4 is 13.5 Å². The first-order valence-corrected chi connectivity index (χ1v) is 16.3. The molecule has 0 aromatic rings. The smallest absolute Gasteiger partial charge is 0.268 e. The summed E-state index contributed by atoms with van der Waals surface area (Å²) in [7, 11) is 1.49. The van der Waals surface area contributed by atoms with Crippen molar-refractivity contribution in [1.82, 2.24) is 0 Å². The minimum atomic E-state index is -4.42. The maximum absolute atomic E-state index is 12.2. The number of rotatable bonds is 25. The number of phosphoric acid groups is 1. The molecule has 1 aliphatic rings. The van der Waals surface area contributed by atoms with Gasteiger partial charge in [-0.3, -0.25) is 4.57 Å². The predicted molar refractivity (Wildman–Crippen MR) is 150 cm³/mol. The number of oxime groups is 1. The van der Waals surface area contributed by atoms with Crippen molar-refractivity contribution in [3.63, 3.8) is 0 Å². The second-order valence-corrected chi connectivity index (χ2v) is 13.1. The molecule has 1 heterocycles. The van der Waals surface area contributed by atoms with Gasteiger partial charge in [0.1, 0.15) is 19.8 Å². The summed E-state index contributed by atoms with van der Waals surface area (Å²) in [5.74, 6) is 0. The summed E-state index contributed by atoms with van der Waals surface area (Å²) in [4.78, 5) is 17.9. The van der Waals surface area contributed by atoms with E-state index in [1.54, 1.807) is 0 Å². The van der Waals surface area contributed by atoms with Crippen LogP contribution in [0.15, 0.2) is 5.16 Å². The minimum Gasteiger partial charge on any atom is -0.756 e. The summed E-state index contributed by atoms with van der Waals surface area (Å²) in [6, 6.07) is 0. The van der Waals surface area contributed by atoms with Gasteiger partial charge in [-0.15, -0.1) is 0 Å². The van der Waals surface area contributed by atoms with E-state index < -0.39 is 13.4 Å². The van der Waals surface area contributed by atoms with Crippen LogP contribution in [0.25, 0.3) is 0 Å². The van der Waals surface area contributed by atoms with Crippen LogP contribution in [0.4, 0.5) is 0 Å². The summed E-state index contributed by atoms with van der Waals surface area (Å²) < 4.78 is 29.0. The summed E-state index contributed by atoms with van der Waals surface area (Å²) in [5.41, 5.74) is -0.0272. The van der Waals surface area contributed by atoms with E-state index in [2.05, 4.69) is 12.1 Å². The Hall–Kier alpha value is -0.500. The summed E-state index contributed by atoms with van der Waals surface area (Å²) in [5, 5.41) is 4.12. The van der Waals surface area contributed by atoms with E-state index >= 15 is 0 Å². The Kier molecular flexibility index (Phi) is 18.2. The van der Waals surface area contributed by atoms with Gasteiger partial charge >= 0.3 is 0 Å². The Bertz CT molecular complexity index is 655. The Balaban J connectivity index is 2.15. The van der Waals surface area contributed by atoms with Crippen LogP contribution in [0.5, 0.6) is 0 Å². The highest BCUT2D eigenvalue weighted by Gasteiger charge is 2.40. The van der Waals surface area contributed by atoms with Gasteiger partial charge in [-0.1, -0.05) is 102 Å². The SMILES string of the molecule is CCCCCCCCCCCCCCCCOC[C@]1(COP(=O)([O-])OCC[N+](C)(C)C)CC(CC)=NO1. The normalized spacial score (nSPS) is 19.6. The molecule has 0 aromatic carbocycles. The van der Waals surface area contributed by atoms with Gasteiger partial charge < -0.3 is 28.0 Å². The van der Waals surface area contributed by atoms with Crippen LogP contribution in [-0.4, -0.2) is 69.9 Å². The lowest BCUT2D eigenvalue weighted by Crippen LogP contribution is -2.41. The molecule has 1 aliphatic heterocycles. The number of ether oxygens (including phenoxy) is 1. The second-order valence-electron chi connectivity index (χ2n) is 11.7. The van der Waals surface area contributed by atoms with Gasteiger partial charge in [-0.05, 0) is 12.8 Å². The van der Waals surface area contributed by atoms with Gasteiger partial charge in [0.15, 0.2) is 5.60 Å². The molecule has 220 valence electrons. The van der Waals surface area contributed by atoms with Gasteiger partial charge in [0.2, 0.25) is 0 Å². The third-order valence-corrected chi connectivity index (χ3v) is 7.75. The maximum Gasteiger partial charge on any atom is 0.268 e. The van der Waals surface area contributed by atoms with E-state index in [0.717, 1.165) is 25.0 Å². The highest BCUT2D eigenvalue weighted by molar-refractivity contribution is 7.45. The van der Waals surface area contributed by atoms with Crippen molar-refractivity contribution in [2.45, 2.75) is 122 Å². The summed E-state index contributed by atoms with van der Waals surface area (Å²) in [6.45, 7) is 5.61. The zero-order valence-electron chi connectivity index (χ0n) is 24.6. The molecule has 0 saturated carbocycles. The largest absolute Gasteiger partial charge is 0.756 e. The number of likely N-dealkylation sites (N-methyl/N-ethyl adjacent to an activating group) is 1. The molecule has 9 heteroatoms. The first-order chi connectivity index (χ1) is 17.6. The second kappa shape index (κ2) is 19.5. The first kappa shape index (κ1) is 34.5. The molecule has 1 unspecified atom stereocenters. The van der Waals surface area contributed by atoms with Crippen molar-refractivity contribution < 1.29 is 32.6 Å². The lowest BCUT2D eigenvalue weighted by atomic mass is 9.98. The molecule has 0 spiro atoms. The fraction of sp³-hybridized carbons (Fsp3) is 0.964. The van der Waals surface area contributed by atoms with Gasteiger partial charge in [0.25, 0.3) is 7.82 Å². The van der Waals surface area contributed by atoms with E-state index in [9.17, 15) is 9.46 Å². The molecule has 0 aliphatic carbocycles. The van der Waals surface area contributed by atoms with Crippen LogP contribution >= 0.6 is 7.82 Å². The molecule has 8 nitrogen and oxygen atoms in total. The van der Waals surface area contributed by atoms with Crippen LogP contribution in [0.2, 0.25) is 0 Å². The average Bonchev–Trinajstić information content (AvgIpc) is 3.25. The van der Waals surface area contributed by atoms with E-state index in [-0.39, 0.29) is 19.8 Å². The van der Waals surface area contributed by atoms with Crippen LogP contribution in [0.3, 0.4) is 0 Å². The molecule has 0 bridgehead atoms. The lowest BCUT2D eigenvalue weighted by molar-refractivity contribution is -0.870. The third-order valence-electron chi connectivity index (χ3n) is 6.81. The topological polar surface area (TPSA) is 89.4 Å². The number of quaternary nitrogens is 1. The van der Waals surface area contributed by atoms with Crippen molar-refractivity contribution in [1.29, 1.82) is 0 Å². The summed E-state index contributed by atoms with van der Waals surface area (Å²) in [6.07, 6.45) is 19.7. The fourth-order valence-electron chi connectivity index (χ4n) is 4.30. The summed E-state index contributed by atoms with van der Waals surface area (Å²) >= 11 is 0. The van der Waals surface area contributed by atoms with Crippen molar-refractivity contribution in [2.75, 3.05) is 54.1 Å². The molecular weight excluding hydrogens is 491 g/mol. The highest BCUT2D eigenvalue weighted by atomic mass is 31.2. The van der Waals surface area contributed by atoms with Gasteiger partial charge in [0, 0.05) is 13.0 Å². The predicted octanol–water partition coefficient (Wildman–Crippen LogP) is 6.62. The Morgan fingerprint density at radius 3 is 1.86 bits per heavy atom. The van der Waals surface area contributed by atoms with Gasteiger partial charge in [0.05, 0.1) is 33.5 Å². The Labute approximate surface area is 227 Å². The zero-order chi connectivity index (χ0) is 27.5. The van der Waals surface area contributed by atoms with Crippen molar-refractivity contribution in [3.05, 3.63) is 0 Å². The average molecular weight is 549 g/mol. The fourth-order valence-corrected chi connectivity index (χ4v) is 5.07. The molecule has 0 fully saturated rings. The van der Waals surface area contributed by atoms with Gasteiger partial charge in [-0.2, -0.15) is 0 Å². The maximum atomic E-state index is 12.2. The monoisotopic (exact) mass is 548 g/mol. The van der Waals surface area contributed by atoms with E-state index in [4.69, 9.17) is 18.6 Å². The minimum absolute atomic E-state index is 0.0739. The Morgan fingerprint density at radius 1 is 0.838 bits per heavy atom. The van der Waals surface area contributed by atoms with E-state index in [1.165, 1.54) is 77.0 Å². The quantitative estimate of drug-likeness (QED) is 0.0724. The van der Waals surface area contributed by atoms with Crippen molar-refractivity contribution in [3.8, 4) is 0 Å². The standard InChI is InChI=1S/C28H57N2O6P/c1-6-8-9-10-11-12-13-14-15-16-17-18-19-20-22-33-25-28(24-27(7-2)29-36-28)26-35-37(31,32)34-23-21-30(3,4)5/h6-26H2,1-5H3/t28-/m0/s1. The first-order valence-electron chi connectivity index (χ1n) is 14.8. The molecule has 0 aromatic heterocycles. The Morgan fingerprint density at radius 2 is 1.38 bits per heavy atom. The molecule has 37 heavy (non-hydrogen) atoms. The van der Waals surface area contributed by atoms with Gasteiger partial charge in [-0.25, -0.2) is 0 Å². The van der Waals surface area contributed by atoms with E-state index in [0.29, 0.717) is 24.1 Å². The molecule has 0 radical (unpaired) electrons. The van der Waals surface area contributed by atoms with Crippen LogP contribution in [0.1, 0.15) is 117 Å². The third kappa shape index (κ3) is 18.4. The molecular formula is C28H57N2O6P. The molecule has 0 amide bonds. The molecule has 2 atom stereocenters. The number of phosphoric ester groups is 1. The lowest BCUT2D eigenvalue weighted by Gasteiger charge is -2.31. The van der Waals surface area contributed by atoms with Crippen molar-refractivity contribution in [2.24, 2.45) is 5.16 Å².